The molecule has 0 aromatic heterocycles. The number of nitrogens with two attached hydrogens (primary N) is 1. The summed E-state index contributed by atoms with van der Waals surface area (Å²) in [6.07, 6.45) is 0.988. The molecule has 3 nitrogen and oxygen atoms in total. The van der Waals surface area contributed by atoms with Gasteiger partial charge in [0.15, 0.2) is 0 Å². The van der Waals surface area contributed by atoms with Crippen LogP contribution >= 0.6 is 0 Å². The number of aliphatic hydroxyl groups is 1. The Labute approximate surface area is 90.5 Å². The first-order valence-electron chi connectivity index (χ1n) is 5.43. The van der Waals surface area contributed by atoms with Crippen LogP contribution in [0.25, 0.3) is 0 Å². The van der Waals surface area contributed by atoms with Gasteiger partial charge in [-0.25, -0.2) is 0 Å². The van der Waals surface area contributed by atoms with E-state index in [1.807, 2.05) is 12.1 Å². The van der Waals surface area contributed by atoms with Crippen molar-refractivity contribution in [3.8, 4) is 0 Å². The Morgan fingerprint density at radius 1 is 1.53 bits per heavy atom. The minimum atomic E-state index is 0.224. The fourth-order valence-corrected chi connectivity index (χ4v) is 2.28. The number of fused-ring (bicyclic) bond motifs is 1. The molecule has 0 bridgehead atoms. The zero-order chi connectivity index (χ0) is 10.8. The highest BCUT2D eigenvalue weighted by Gasteiger charge is 2.23. The molecule has 0 saturated carbocycles. The molecular weight excluding hydrogens is 188 g/mol. The average Bonchev–Trinajstić information content (AvgIpc) is 2.21. The zero-order valence-electron chi connectivity index (χ0n) is 9.11. The second kappa shape index (κ2) is 4.21. The van der Waals surface area contributed by atoms with Crippen molar-refractivity contribution in [1.29, 1.82) is 0 Å². The largest absolute Gasteiger partial charge is 0.398 e. The van der Waals surface area contributed by atoms with E-state index in [1.54, 1.807) is 0 Å². The van der Waals surface area contributed by atoms with Crippen LogP contribution in [-0.2, 0) is 13.0 Å². The predicted molar refractivity (Wildman–Crippen MR) is 61.5 cm³/mol. The summed E-state index contributed by atoms with van der Waals surface area (Å²) >= 11 is 0. The number of benzene rings is 1. The van der Waals surface area contributed by atoms with Gasteiger partial charge in [0.05, 0.1) is 6.61 Å². The number of aliphatic hydroxyl groups excluding tert-OH is 1. The predicted octanol–water partition coefficient (Wildman–Crippen LogP) is 1.01. The third kappa shape index (κ3) is 1.98. The lowest BCUT2D eigenvalue weighted by Crippen LogP contribution is -2.40. The van der Waals surface area contributed by atoms with Crippen LogP contribution in [-0.4, -0.2) is 29.2 Å². The molecule has 0 amide bonds. The van der Waals surface area contributed by atoms with Crippen molar-refractivity contribution in [2.24, 2.45) is 0 Å². The summed E-state index contributed by atoms with van der Waals surface area (Å²) in [4.78, 5) is 2.29. The van der Waals surface area contributed by atoms with Gasteiger partial charge in [-0.2, -0.15) is 0 Å². The molecule has 0 fully saturated rings. The molecule has 0 spiro atoms. The molecule has 1 unspecified atom stereocenters. The van der Waals surface area contributed by atoms with Crippen LogP contribution in [0.15, 0.2) is 18.2 Å². The number of anilines is 1. The molecule has 15 heavy (non-hydrogen) atoms. The molecule has 1 atom stereocenters. The van der Waals surface area contributed by atoms with E-state index in [1.165, 1.54) is 11.1 Å². The molecule has 1 aliphatic heterocycles. The van der Waals surface area contributed by atoms with E-state index in [2.05, 4.69) is 17.9 Å². The Hall–Kier alpha value is -1.06. The van der Waals surface area contributed by atoms with E-state index >= 15 is 0 Å². The number of hydrogen-bond donors (Lipinski definition) is 2. The lowest BCUT2D eigenvalue weighted by Gasteiger charge is -2.34. The molecule has 3 heteroatoms. The van der Waals surface area contributed by atoms with Gasteiger partial charge in [0.1, 0.15) is 0 Å². The molecule has 2 rings (SSSR count). The van der Waals surface area contributed by atoms with E-state index < -0.39 is 0 Å². The number of rotatable bonds is 2. The molecule has 1 aliphatic rings. The Bertz CT molecular complexity index is 351. The molecular formula is C12H18N2O. The fourth-order valence-electron chi connectivity index (χ4n) is 2.28. The smallest absolute Gasteiger partial charge is 0.0558 e. The van der Waals surface area contributed by atoms with Gasteiger partial charge < -0.3 is 10.8 Å². The van der Waals surface area contributed by atoms with Gasteiger partial charge in [0.25, 0.3) is 0 Å². The van der Waals surface area contributed by atoms with Crippen LogP contribution in [0, 0.1) is 0 Å². The first kappa shape index (κ1) is 10.5. The maximum atomic E-state index is 8.97. The SMILES string of the molecule is CC1Cc2c(N)cccc2CN1CCO. The summed E-state index contributed by atoms with van der Waals surface area (Å²) in [6.45, 7) is 4.06. The molecule has 1 aromatic rings. The second-order valence-electron chi connectivity index (χ2n) is 4.23. The number of nitrogen functional groups attached to an aromatic ring is 1. The first-order valence-corrected chi connectivity index (χ1v) is 5.43. The molecule has 82 valence electrons. The Morgan fingerprint density at radius 3 is 3.07 bits per heavy atom. The van der Waals surface area contributed by atoms with E-state index in [-0.39, 0.29) is 6.61 Å². The standard InChI is InChI=1S/C12H18N2O/c1-9-7-11-10(3-2-4-12(11)13)8-14(9)5-6-15/h2-4,9,15H,5-8,13H2,1H3. The third-order valence-electron chi connectivity index (χ3n) is 3.19. The zero-order valence-corrected chi connectivity index (χ0v) is 9.11. The highest BCUT2D eigenvalue weighted by Crippen LogP contribution is 2.26. The highest BCUT2D eigenvalue weighted by molar-refractivity contribution is 5.52. The van der Waals surface area contributed by atoms with E-state index in [9.17, 15) is 0 Å². The summed E-state index contributed by atoms with van der Waals surface area (Å²) < 4.78 is 0. The molecule has 1 heterocycles. The number of nitrogens with zero attached hydrogens (tertiary/aromatic N) is 1. The quantitative estimate of drug-likeness (QED) is 0.710. The van der Waals surface area contributed by atoms with Crippen molar-refractivity contribution in [3.63, 3.8) is 0 Å². The van der Waals surface area contributed by atoms with Gasteiger partial charge in [0.2, 0.25) is 0 Å². The van der Waals surface area contributed by atoms with E-state index in [0.29, 0.717) is 6.04 Å². The fraction of sp³-hybridized carbons (Fsp3) is 0.500. The van der Waals surface area contributed by atoms with Gasteiger partial charge in [-0.05, 0) is 30.5 Å². The minimum Gasteiger partial charge on any atom is -0.398 e. The van der Waals surface area contributed by atoms with E-state index in [4.69, 9.17) is 10.8 Å². The summed E-state index contributed by atoms with van der Waals surface area (Å²) in [7, 11) is 0. The monoisotopic (exact) mass is 206 g/mol. The van der Waals surface area contributed by atoms with Crippen molar-refractivity contribution in [2.45, 2.75) is 25.9 Å². The van der Waals surface area contributed by atoms with Crippen molar-refractivity contribution in [3.05, 3.63) is 29.3 Å². The minimum absolute atomic E-state index is 0.224. The third-order valence-corrected chi connectivity index (χ3v) is 3.19. The molecule has 3 N–H and O–H groups in total. The topological polar surface area (TPSA) is 49.5 Å². The van der Waals surface area contributed by atoms with Crippen LogP contribution in [0.5, 0.6) is 0 Å². The van der Waals surface area contributed by atoms with Crippen LogP contribution in [0.2, 0.25) is 0 Å². The van der Waals surface area contributed by atoms with Crippen LogP contribution in [0.4, 0.5) is 5.69 Å². The van der Waals surface area contributed by atoms with Crippen molar-refractivity contribution in [2.75, 3.05) is 18.9 Å². The van der Waals surface area contributed by atoms with Gasteiger partial charge in [-0.15, -0.1) is 0 Å². The summed E-state index contributed by atoms with van der Waals surface area (Å²) in [5, 5.41) is 8.97. The Balaban J connectivity index is 2.25. The normalized spacial score (nSPS) is 21.3. The Kier molecular flexibility index (Phi) is 2.93. The van der Waals surface area contributed by atoms with Crippen molar-refractivity contribution < 1.29 is 5.11 Å². The second-order valence-corrected chi connectivity index (χ2v) is 4.23. The van der Waals surface area contributed by atoms with Gasteiger partial charge in [-0.1, -0.05) is 12.1 Å². The van der Waals surface area contributed by atoms with Crippen LogP contribution < -0.4 is 5.73 Å². The maximum absolute atomic E-state index is 8.97. The average molecular weight is 206 g/mol. The lowest BCUT2D eigenvalue weighted by atomic mass is 9.93. The number of hydrogen-bond acceptors (Lipinski definition) is 3. The first-order chi connectivity index (χ1) is 7.22. The Morgan fingerprint density at radius 2 is 2.33 bits per heavy atom. The van der Waals surface area contributed by atoms with Crippen molar-refractivity contribution in [1.82, 2.24) is 4.90 Å². The molecule has 0 aliphatic carbocycles. The van der Waals surface area contributed by atoms with Crippen LogP contribution in [0.1, 0.15) is 18.1 Å². The summed E-state index contributed by atoms with van der Waals surface area (Å²) in [5.41, 5.74) is 9.46. The molecule has 0 saturated heterocycles. The highest BCUT2D eigenvalue weighted by atomic mass is 16.3. The van der Waals surface area contributed by atoms with Crippen molar-refractivity contribution >= 4 is 5.69 Å². The lowest BCUT2D eigenvalue weighted by molar-refractivity contribution is 0.141. The van der Waals surface area contributed by atoms with E-state index in [0.717, 1.165) is 25.2 Å². The number of β-amino-alcohol motifs (C(OH)–C–C–N with tert-alkyl or cyclic N) is 1. The van der Waals surface area contributed by atoms with Gasteiger partial charge >= 0.3 is 0 Å². The van der Waals surface area contributed by atoms with Crippen LogP contribution in [0.3, 0.4) is 0 Å². The molecule has 0 radical (unpaired) electrons. The van der Waals surface area contributed by atoms with Gasteiger partial charge in [0, 0.05) is 24.8 Å². The summed E-state index contributed by atoms with van der Waals surface area (Å²) in [6, 6.07) is 6.56. The maximum Gasteiger partial charge on any atom is 0.0558 e. The molecule has 1 aromatic carbocycles. The van der Waals surface area contributed by atoms with Gasteiger partial charge in [-0.3, -0.25) is 4.90 Å². The summed E-state index contributed by atoms with van der Waals surface area (Å²) in [5.74, 6) is 0.